The molecule has 0 radical (unpaired) electrons. The van der Waals surface area contributed by atoms with Crippen molar-refractivity contribution in [2.45, 2.75) is 32.1 Å². The molecule has 16 heavy (non-hydrogen) atoms. The van der Waals surface area contributed by atoms with Crippen LogP contribution in [0.2, 0.25) is 0 Å². The van der Waals surface area contributed by atoms with Crippen molar-refractivity contribution in [2.24, 2.45) is 5.92 Å². The zero-order valence-electron chi connectivity index (χ0n) is 9.48. The van der Waals surface area contributed by atoms with Crippen LogP contribution in [0, 0.1) is 5.92 Å². The predicted octanol–water partition coefficient (Wildman–Crippen LogP) is 2.59. The van der Waals surface area contributed by atoms with E-state index in [0.717, 1.165) is 37.7 Å². The summed E-state index contributed by atoms with van der Waals surface area (Å²) >= 11 is 0. The van der Waals surface area contributed by atoms with Crippen molar-refractivity contribution in [3.05, 3.63) is 35.4 Å². The molecule has 1 aromatic carbocycles. The van der Waals surface area contributed by atoms with Gasteiger partial charge in [0.15, 0.2) is 5.78 Å². The molecule has 1 N–H and O–H groups in total. The summed E-state index contributed by atoms with van der Waals surface area (Å²) in [4.78, 5) is 12.3. The fourth-order valence-electron chi connectivity index (χ4n) is 2.48. The highest BCUT2D eigenvalue weighted by molar-refractivity contribution is 5.99. The smallest absolute Gasteiger partial charge is 0.166 e. The molecule has 0 amide bonds. The van der Waals surface area contributed by atoms with Gasteiger partial charge in [-0.3, -0.25) is 4.79 Å². The Morgan fingerprint density at radius 1 is 1.31 bits per heavy atom. The van der Waals surface area contributed by atoms with Crippen molar-refractivity contribution < 1.29 is 9.90 Å². The van der Waals surface area contributed by atoms with Gasteiger partial charge in [-0.2, -0.15) is 0 Å². The fourth-order valence-corrected chi connectivity index (χ4v) is 2.48. The molecular formula is C14H18O2. The monoisotopic (exact) mass is 218 g/mol. The third-order valence-electron chi connectivity index (χ3n) is 3.36. The van der Waals surface area contributed by atoms with E-state index in [1.165, 1.54) is 5.56 Å². The second-order valence-corrected chi connectivity index (χ2v) is 4.48. The second-order valence-electron chi connectivity index (χ2n) is 4.48. The lowest BCUT2D eigenvalue weighted by atomic mass is 9.91. The lowest BCUT2D eigenvalue weighted by molar-refractivity contribution is 0.0903. The molecule has 0 aromatic heterocycles. The first-order valence-corrected chi connectivity index (χ1v) is 6.06. The van der Waals surface area contributed by atoms with Crippen LogP contribution in [-0.4, -0.2) is 17.5 Å². The Hall–Kier alpha value is -1.15. The molecule has 86 valence electrons. The summed E-state index contributed by atoms with van der Waals surface area (Å²) in [5.41, 5.74) is 2.10. The first kappa shape index (κ1) is 11.3. The van der Waals surface area contributed by atoms with Gasteiger partial charge in [-0.05, 0) is 37.7 Å². The summed E-state index contributed by atoms with van der Waals surface area (Å²) < 4.78 is 0. The molecule has 1 unspecified atom stereocenters. The van der Waals surface area contributed by atoms with Crippen molar-refractivity contribution in [2.75, 3.05) is 6.61 Å². The molecule has 1 aromatic rings. The molecular weight excluding hydrogens is 200 g/mol. The van der Waals surface area contributed by atoms with Gasteiger partial charge in [0.25, 0.3) is 0 Å². The normalized spacial score (nSPS) is 20.3. The first-order valence-electron chi connectivity index (χ1n) is 6.06. The third-order valence-corrected chi connectivity index (χ3v) is 3.36. The number of aryl methyl sites for hydroxylation is 1. The molecule has 2 rings (SSSR count). The van der Waals surface area contributed by atoms with E-state index < -0.39 is 0 Å². The summed E-state index contributed by atoms with van der Waals surface area (Å²) in [6.45, 7) is 0.186. The Morgan fingerprint density at radius 3 is 2.94 bits per heavy atom. The van der Waals surface area contributed by atoms with Crippen molar-refractivity contribution >= 4 is 5.78 Å². The Bertz CT molecular complexity index is 369. The number of fused-ring (bicyclic) bond motifs is 1. The van der Waals surface area contributed by atoms with E-state index in [9.17, 15) is 4.79 Å². The van der Waals surface area contributed by atoms with Gasteiger partial charge in [0.1, 0.15) is 0 Å². The number of rotatable bonds is 3. The maximum absolute atomic E-state index is 12.3. The zero-order valence-corrected chi connectivity index (χ0v) is 9.48. The predicted molar refractivity (Wildman–Crippen MR) is 63.5 cm³/mol. The molecule has 0 saturated carbocycles. The van der Waals surface area contributed by atoms with E-state index in [1.807, 2.05) is 18.2 Å². The zero-order chi connectivity index (χ0) is 11.4. The topological polar surface area (TPSA) is 37.3 Å². The Kier molecular flexibility index (Phi) is 3.73. The SMILES string of the molecule is O=C1c2ccccc2CCCC1CCCO. The molecule has 0 bridgehead atoms. The Morgan fingerprint density at radius 2 is 2.12 bits per heavy atom. The number of aliphatic hydroxyl groups is 1. The van der Waals surface area contributed by atoms with Gasteiger partial charge < -0.3 is 5.11 Å². The van der Waals surface area contributed by atoms with Crippen LogP contribution in [0.25, 0.3) is 0 Å². The third kappa shape index (κ3) is 2.33. The molecule has 0 spiro atoms. The molecule has 1 aliphatic carbocycles. The highest BCUT2D eigenvalue weighted by Gasteiger charge is 2.24. The highest BCUT2D eigenvalue weighted by atomic mass is 16.2. The maximum atomic E-state index is 12.3. The van der Waals surface area contributed by atoms with Gasteiger partial charge in [0, 0.05) is 18.1 Å². The largest absolute Gasteiger partial charge is 0.396 e. The Labute approximate surface area is 96.3 Å². The molecule has 2 nitrogen and oxygen atoms in total. The van der Waals surface area contributed by atoms with Gasteiger partial charge >= 0.3 is 0 Å². The van der Waals surface area contributed by atoms with E-state index in [0.29, 0.717) is 0 Å². The lowest BCUT2D eigenvalue weighted by Gasteiger charge is -2.12. The van der Waals surface area contributed by atoms with Crippen molar-refractivity contribution in [1.29, 1.82) is 0 Å². The van der Waals surface area contributed by atoms with Crippen molar-refractivity contribution in [3.63, 3.8) is 0 Å². The lowest BCUT2D eigenvalue weighted by Crippen LogP contribution is -2.14. The minimum atomic E-state index is 0.121. The van der Waals surface area contributed by atoms with Crippen LogP contribution in [0.4, 0.5) is 0 Å². The van der Waals surface area contributed by atoms with Gasteiger partial charge in [0.2, 0.25) is 0 Å². The van der Waals surface area contributed by atoms with Gasteiger partial charge in [-0.15, -0.1) is 0 Å². The van der Waals surface area contributed by atoms with E-state index in [-0.39, 0.29) is 18.3 Å². The van der Waals surface area contributed by atoms with Crippen molar-refractivity contribution in [3.8, 4) is 0 Å². The number of aliphatic hydroxyl groups excluding tert-OH is 1. The summed E-state index contributed by atoms with van der Waals surface area (Å²) in [6.07, 6.45) is 4.62. The minimum absolute atomic E-state index is 0.121. The van der Waals surface area contributed by atoms with Gasteiger partial charge in [0.05, 0.1) is 0 Å². The number of hydrogen-bond donors (Lipinski definition) is 1. The average Bonchev–Trinajstić information content (AvgIpc) is 2.47. The Balaban J connectivity index is 2.20. The minimum Gasteiger partial charge on any atom is -0.396 e. The van der Waals surface area contributed by atoms with Crippen LogP contribution < -0.4 is 0 Å². The van der Waals surface area contributed by atoms with Gasteiger partial charge in [-0.25, -0.2) is 0 Å². The molecule has 0 fully saturated rings. The average molecular weight is 218 g/mol. The van der Waals surface area contributed by atoms with Crippen LogP contribution in [0.5, 0.6) is 0 Å². The number of benzene rings is 1. The van der Waals surface area contributed by atoms with Crippen LogP contribution in [-0.2, 0) is 6.42 Å². The molecule has 1 atom stereocenters. The molecule has 0 aliphatic heterocycles. The van der Waals surface area contributed by atoms with E-state index in [1.54, 1.807) is 0 Å². The summed E-state index contributed by atoms with van der Waals surface area (Å²) in [5.74, 6) is 0.400. The molecule has 0 heterocycles. The quantitative estimate of drug-likeness (QED) is 0.792. The first-order chi connectivity index (χ1) is 7.83. The highest BCUT2D eigenvalue weighted by Crippen LogP contribution is 2.27. The van der Waals surface area contributed by atoms with Crippen LogP contribution in [0.3, 0.4) is 0 Å². The van der Waals surface area contributed by atoms with E-state index in [4.69, 9.17) is 5.11 Å². The van der Waals surface area contributed by atoms with Gasteiger partial charge in [-0.1, -0.05) is 24.3 Å². The number of carbonyl (C=O) groups excluding carboxylic acids is 1. The fraction of sp³-hybridized carbons (Fsp3) is 0.500. The number of ketones is 1. The van der Waals surface area contributed by atoms with Crippen LogP contribution >= 0.6 is 0 Å². The van der Waals surface area contributed by atoms with Crippen LogP contribution in [0.15, 0.2) is 24.3 Å². The standard InChI is InChI=1S/C14H18O2/c15-10-4-8-12-7-3-6-11-5-1-2-9-13(11)14(12)16/h1-2,5,9,12,15H,3-4,6-8,10H2. The van der Waals surface area contributed by atoms with E-state index in [2.05, 4.69) is 6.07 Å². The molecule has 1 aliphatic rings. The molecule has 0 saturated heterocycles. The summed E-state index contributed by atoms with van der Waals surface area (Å²) in [6, 6.07) is 7.93. The number of carbonyl (C=O) groups is 1. The maximum Gasteiger partial charge on any atom is 0.166 e. The van der Waals surface area contributed by atoms with Crippen LogP contribution in [0.1, 0.15) is 41.6 Å². The number of Topliss-reactive ketones (excluding diaryl/α,β-unsaturated/α-hetero) is 1. The number of hydrogen-bond acceptors (Lipinski definition) is 2. The summed E-state index contributed by atoms with van der Waals surface area (Å²) in [7, 11) is 0. The van der Waals surface area contributed by atoms with Crippen molar-refractivity contribution in [1.82, 2.24) is 0 Å². The second kappa shape index (κ2) is 5.26. The molecule has 2 heteroatoms. The van der Waals surface area contributed by atoms with E-state index >= 15 is 0 Å². The summed E-state index contributed by atoms with van der Waals surface area (Å²) in [5, 5.41) is 8.84.